The van der Waals surface area contributed by atoms with E-state index in [1.807, 2.05) is 0 Å². The Kier molecular flexibility index (Phi) is 8.76. The van der Waals surface area contributed by atoms with Crippen molar-refractivity contribution in [3.63, 3.8) is 0 Å². The molecular formula is C25H26F6N2O6. The lowest BCUT2D eigenvalue weighted by molar-refractivity contribution is -0.143. The van der Waals surface area contributed by atoms with E-state index in [4.69, 9.17) is 14.2 Å². The maximum atomic E-state index is 13.0. The number of rotatable bonds is 7. The summed E-state index contributed by atoms with van der Waals surface area (Å²) in [4.78, 5) is 25.5. The number of carbonyl (C=O) groups is 2. The number of anilines is 1. The Morgan fingerprint density at radius 1 is 0.974 bits per heavy atom. The van der Waals surface area contributed by atoms with Crippen LogP contribution in [0.4, 0.5) is 41.6 Å². The summed E-state index contributed by atoms with van der Waals surface area (Å²) in [7, 11) is 2.78. The fraction of sp³-hybridized carbons (Fsp3) is 0.440. The Bertz CT molecular complexity index is 1180. The van der Waals surface area contributed by atoms with Crippen LogP contribution >= 0.6 is 0 Å². The van der Waals surface area contributed by atoms with Crippen LogP contribution in [0.5, 0.6) is 11.5 Å². The number of halogens is 6. The molecule has 2 aromatic carbocycles. The summed E-state index contributed by atoms with van der Waals surface area (Å²) in [6, 6.07) is 3.09. The van der Waals surface area contributed by atoms with E-state index in [0.29, 0.717) is 23.4 Å². The van der Waals surface area contributed by atoms with Gasteiger partial charge in [0.1, 0.15) is 0 Å². The van der Waals surface area contributed by atoms with E-state index >= 15 is 0 Å². The van der Waals surface area contributed by atoms with Crippen molar-refractivity contribution in [2.24, 2.45) is 0 Å². The van der Waals surface area contributed by atoms with E-state index in [-0.39, 0.29) is 48.9 Å². The molecular weight excluding hydrogens is 538 g/mol. The van der Waals surface area contributed by atoms with Crippen LogP contribution in [0, 0.1) is 0 Å². The molecule has 0 radical (unpaired) electrons. The standard InChI is InChI=1S/C25H26F6N2O6/c1-13-7-18(17-11-20(37-2)21(38-3)12-19(17)33(13)23(35)36)32-22(34)39-6-4-5-14-8-15(24(26,27)28)10-16(9-14)25(29,30)31/h8-13,18H,4-7H2,1-3H3,(H,32,34)(H,35,36). The van der Waals surface area contributed by atoms with Gasteiger partial charge in [0.05, 0.1) is 43.7 Å². The van der Waals surface area contributed by atoms with Crippen LogP contribution in [0.1, 0.15) is 48.1 Å². The maximum Gasteiger partial charge on any atom is 0.416 e. The topological polar surface area (TPSA) is 97.3 Å². The molecule has 1 aliphatic rings. The number of alkyl carbamates (subject to hydrolysis) is 1. The minimum absolute atomic E-state index is 0.0402. The number of aryl methyl sites for hydroxylation is 1. The number of nitrogens with one attached hydrogen (secondary N) is 1. The van der Waals surface area contributed by atoms with Crippen LogP contribution in [0.3, 0.4) is 0 Å². The quantitative estimate of drug-likeness (QED) is 0.298. The van der Waals surface area contributed by atoms with Gasteiger partial charge < -0.3 is 24.6 Å². The molecule has 0 fully saturated rings. The number of carbonyl (C=O) groups excluding carboxylic acids is 1. The van der Waals surface area contributed by atoms with Gasteiger partial charge in [0.25, 0.3) is 0 Å². The fourth-order valence-electron chi connectivity index (χ4n) is 4.40. The summed E-state index contributed by atoms with van der Waals surface area (Å²) in [6.07, 6.45) is -12.1. The molecule has 1 aliphatic heterocycles. The number of methoxy groups -OCH3 is 2. The first-order chi connectivity index (χ1) is 18.1. The minimum Gasteiger partial charge on any atom is -0.493 e. The van der Waals surface area contributed by atoms with E-state index in [0.717, 1.165) is 4.90 Å². The zero-order valence-electron chi connectivity index (χ0n) is 21.1. The summed E-state index contributed by atoms with van der Waals surface area (Å²) in [5, 5.41) is 12.3. The third-order valence-corrected chi connectivity index (χ3v) is 6.17. The molecule has 3 rings (SSSR count). The lowest BCUT2D eigenvalue weighted by Gasteiger charge is -2.38. The molecule has 0 spiro atoms. The first-order valence-electron chi connectivity index (χ1n) is 11.7. The van der Waals surface area contributed by atoms with E-state index in [1.54, 1.807) is 6.92 Å². The highest BCUT2D eigenvalue weighted by molar-refractivity contribution is 5.90. The van der Waals surface area contributed by atoms with Crippen molar-refractivity contribution in [1.82, 2.24) is 5.32 Å². The van der Waals surface area contributed by atoms with Gasteiger partial charge in [0, 0.05) is 17.7 Å². The second kappa shape index (κ2) is 11.5. The van der Waals surface area contributed by atoms with Crippen molar-refractivity contribution in [2.75, 3.05) is 25.7 Å². The van der Waals surface area contributed by atoms with Gasteiger partial charge in [-0.15, -0.1) is 0 Å². The molecule has 8 nitrogen and oxygen atoms in total. The van der Waals surface area contributed by atoms with Gasteiger partial charge in [0.2, 0.25) is 0 Å². The van der Waals surface area contributed by atoms with E-state index in [2.05, 4.69) is 5.32 Å². The Morgan fingerprint density at radius 3 is 2.05 bits per heavy atom. The number of amides is 2. The summed E-state index contributed by atoms with van der Waals surface area (Å²) in [6.45, 7) is 1.36. The van der Waals surface area contributed by atoms with Gasteiger partial charge in [-0.05, 0) is 56.0 Å². The van der Waals surface area contributed by atoms with Gasteiger partial charge in [-0.2, -0.15) is 26.3 Å². The number of alkyl halides is 6. The Morgan fingerprint density at radius 2 is 1.54 bits per heavy atom. The highest BCUT2D eigenvalue weighted by Gasteiger charge is 2.38. The highest BCUT2D eigenvalue weighted by Crippen LogP contribution is 2.43. The summed E-state index contributed by atoms with van der Waals surface area (Å²) >= 11 is 0. The molecule has 214 valence electrons. The lowest BCUT2D eigenvalue weighted by Crippen LogP contribution is -2.46. The van der Waals surface area contributed by atoms with E-state index in [1.165, 1.54) is 26.4 Å². The van der Waals surface area contributed by atoms with Gasteiger partial charge in [-0.25, -0.2) is 9.59 Å². The lowest BCUT2D eigenvalue weighted by atomic mass is 9.91. The Hall–Kier alpha value is -3.84. The van der Waals surface area contributed by atoms with Crippen LogP contribution in [0.25, 0.3) is 0 Å². The summed E-state index contributed by atoms with van der Waals surface area (Å²) < 4.78 is 93.9. The largest absolute Gasteiger partial charge is 0.493 e. The summed E-state index contributed by atoms with van der Waals surface area (Å²) in [5.41, 5.74) is -2.34. The molecule has 0 saturated heterocycles. The van der Waals surface area contributed by atoms with Crippen LogP contribution in [-0.4, -0.2) is 44.2 Å². The van der Waals surface area contributed by atoms with Crippen molar-refractivity contribution in [1.29, 1.82) is 0 Å². The molecule has 1 heterocycles. The van der Waals surface area contributed by atoms with Gasteiger partial charge in [0.15, 0.2) is 11.5 Å². The third-order valence-electron chi connectivity index (χ3n) is 6.17. The zero-order valence-corrected chi connectivity index (χ0v) is 21.1. The number of hydrogen-bond donors (Lipinski definition) is 2. The minimum atomic E-state index is -4.96. The van der Waals surface area contributed by atoms with Crippen molar-refractivity contribution in [3.8, 4) is 11.5 Å². The SMILES string of the molecule is COc1cc2c(cc1OC)N(C(=O)O)C(C)CC2NC(=O)OCCCc1cc(C(F)(F)F)cc(C(F)(F)F)c1. The molecule has 2 aromatic rings. The van der Waals surface area contributed by atoms with Crippen molar-refractivity contribution >= 4 is 17.9 Å². The fourth-order valence-corrected chi connectivity index (χ4v) is 4.40. The number of fused-ring (bicyclic) bond motifs is 1. The molecule has 0 saturated carbocycles. The van der Waals surface area contributed by atoms with Crippen LogP contribution in [0.2, 0.25) is 0 Å². The second-order valence-electron chi connectivity index (χ2n) is 8.85. The van der Waals surface area contributed by atoms with Crippen molar-refractivity contribution in [2.45, 2.75) is 50.6 Å². The molecule has 2 atom stereocenters. The molecule has 39 heavy (non-hydrogen) atoms. The second-order valence-corrected chi connectivity index (χ2v) is 8.85. The summed E-state index contributed by atoms with van der Waals surface area (Å²) in [5.74, 6) is 0.580. The monoisotopic (exact) mass is 564 g/mol. The average Bonchev–Trinajstić information content (AvgIpc) is 2.84. The van der Waals surface area contributed by atoms with Crippen LogP contribution in [-0.2, 0) is 23.5 Å². The predicted octanol–water partition coefficient (Wildman–Crippen LogP) is 6.42. The predicted molar refractivity (Wildman–Crippen MR) is 126 cm³/mol. The normalized spacial score (nSPS) is 17.3. The van der Waals surface area contributed by atoms with Crippen LogP contribution < -0.4 is 19.7 Å². The van der Waals surface area contributed by atoms with Gasteiger partial charge in [-0.1, -0.05) is 0 Å². The van der Waals surface area contributed by atoms with Crippen LogP contribution in [0.15, 0.2) is 30.3 Å². The molecule has 0 aromatic heterocycles. The zero-order chi connectivity index (χ0) is 29.1. The smallest absolute Gasteiger partial charge is 0.416 e. The highest BCUT2D eigenvalue weighted by atomic mass is 19.4. The Labute approximate surface area is 219 Å². The number of carboxylic acid groups (broad SMARTS) is 1. The van der Waals surface area contributed by atoms with Gasteiger partial charge >= 0.3 is 24.5 Å². The number of benzene rings is 2. The number of nitrogens with zero attached hydrogens (tertiary/aromatic N) is 1. The molecule has 0 bridgehead atoms. The molecule has 2 unspecified atom stereocenters. The number of ether oxygens (including phenoxy) is 3. The Balaban J connectivity index is 1.69. The average molecular weight is 564 g/mol. The van der Waals surface area contributed by atoms with Crippen molar-refractivity contribution in [3.05, 3.63) is 52.6 Å². The first-order valence-corrected chi connectivity index (χ1v) is 11.7. The van der Waals surface area contributed by atoms with Gasteiger partial charge in [-0.3, -0.25) is 4.90 Å². The van der Waals surface area contributed by atoms with E-state index in [9.17, 15) is 41.0 Å². The first kappa shape index (κ1) is 29.7. The third kappa shape index (κ3) is 6.98. The van der Waals surface area contributed by atoms with Crippen molar-refractivity contribution < 1.29 is 55.2 Å². The molecule has 2 N–H and O–H groups in total. The van der Waals surface area contributed by atoms with E-state index < -0.39 is 47.7 Å². The molecule has 2 amide bonds. The molecule has 0 aliphatic carbocycles. The molecule has 14 heteroatoms. The number of hydrogen-bond acceptors (Lipinski definition) is 5. The maximum absolute atomic E-state index is 13.0.